The minimum absolute atomic E-state index is 0. The molecular weight excluding hydrogens is 322 g/mol. The topological polar surface area (TPSA) is 30.5 Å². The highest BCUT2D eigenvalue weighted by atomic mass is 35.5. The third kappa shape index (κ3) is 6.42. The molecule has 24 heavy (non-hydrogen) atoms. The van der Waals surface area contributed by atoms with Crippen LogP contribution in [0.25, 0.3) is 0 Å². The molecule has 0 unspecified atom stereocenters. The van der Waals surface area contributed by atoms with E-state index in [0.29, 0.717) is 12.5 Å². The number of methoxy groups -OCH3 is 1. The minimum Gasteiger partial charge on any atom is -0.493 e. The Balaban J connectivity index is 0.00000288. The molecule has 3 nitrogen and oxygen atoms in total. The van der Waals surface area contributed by atoms with Gasteiger partial charge in [-0.05, 0) is 30.5 Å². The van der Waals surface area contributed by atoms with E-state index < -0.39 is 0 Å². The number of nitrogens with one attached hydrogen (secondary N) is 1. The first-order valence-electron chi connectivity index (χ1n) is 8.24. The maximum Gasteiger partial charge on any atom is 0.166 e. The molecule has 0 aliphatic carbocycles. The highest BCUT2D eigenvalue weighted by Crippen LogP contribution is 2.31. The predicted octanol–water partition coefficient (Wildman–Crippen LogP) is 4.83. The molecule has 0 amide bonds. The molecule has 4 heteroatoms. The average molecular weight is 350 g/mol. The maximum absolute atomic E-state index is 6.06. The van der Waals surface area contributed by atoms with Crippen LogP contribution in [-0.4, -0.2) is 13.7 Å². The fourth-order valence-corrected chi connectivity index (χ4v) is 2.37. The van der Waals surface area contributed by atoms with Crippen molar-refractivity contribution < 1.29 is 9.47 Å². The van der Waals surface area contributed by atoms with Crippen LogP contribution >= 0.6 is 12.4 Å². The molecule has 0 radical (unpaired) electrons. The summed E-state index contributed by atoms with van der Waals surface area (Å²) in [7, 11) is 1.68. The van der Waals surface area contributed by atoms with Crippen molar-refractivity contribution in [2.45, 2.75) is 33.4 Å². The second-order valence-corrected chi connectivity index (χ2v) is 6.08. The Kier molecular flexibility index (Phi) is 9.28. The quantitative estimate of drug-likeness (QED) is 0.657. The summed E-state index contributed by atoms with van der Waals surface area (Å²) in [5, 5.41) is 3.49. The van der Waals surface area contributed by atoms with Gasteiger partial charge in [0.1, 0.15) is 6.61 Å². The number of hydrogen-bond donors (Lipinski definition) is 1. The van der Waals surface area contributed by atoms with Crippen molar-refractivity contribution in [3.63, 3.8) is 0 Å². The third-order valence-corrected chi connectivity index (χ3v) is 3.72. The largest absolute Gasteiger partial charge is 0.493 e. The van der Waals surface area contributed by atoms with Gasteiger partial charge in [-0.25, -0.2) is 0 Å². The summed E-state index contributed by atoms with van der Waals surface area (Å²) in [5.41, 5.74) is 2.28. The van der Waals surface area contributed by atoms with Crippen LogP contribution in [0.2, 0.25) is 0 Å². The molecule has 2 aromatic rings. The molecule has 0 aromatic heterocycles. The molecule has 0 saturated heterocycles. The molecule has 0 aliphatic rings. The number of hydrogen-bond acceptors (Lipinski definition) is 3. The van der Waals surface area contributed by atoms with Gasteiger partial charge in [0.25, 0.3) is 0 Å². The standard InChI is InChI=1S/C20H27NO2.ClH/c1-16(2)12-13-21-14-18-10-7-11-19(22-3)20(18)23-15-17-8-5-4-6-9-17;/h4-11,16,21H,12-15H2,1-3H3;1H. The van der Waals surface area contributed by atoms with E-state index in [4.69, 9.17) is 9.47 Å². The summed E-state index contributed by atoms with van der Waals surface area (Å²) in [6.07, 6.45) is 1.17. The lowest BCUT2D eigenvalue weighted by molar-refractivity contribution is 0.280. The normalized spacial score (nSPS) is 10.3. The van der Waals surface area contributed by atoms with Gasteiger partial charge in [0.05, 0.1) is 7.11 Å². The van der Waals surface area contributed by atoms with Crippen molar-refractivity contribution in [1.29, 1.82) is 0 Å². The summed E-state index contributed by atoms with van der Waals surface area (Å²) in [5.74, 6) is 2.32. The second kappa shape index (κ2) is 11.0. The van der Waals surface area contributed by atoms with E-state index in [9.17, 15) is 0 Å². The summed E-state index contributed by atoms with van der Waals surface area (Å²) in [4.78, 5) is 0. The van der Waals surface area contributed by atoms with E-state index >= 15 is 0 Å². The van der Waals surface area contributed by atoms with Crippen molar-refractivity contribution in [3.05, 3.63) is 59.7 Å². The van der Waals surface area contributed by atoms with Crippen LogP contribution in [0.1, 0.15) is 31.4 Å². The molecule has 0 fully saturated rings. The Labute approximate surface area is 151 Å². The first-order valence-corrected chi connectivity index (χ1v) is 8.24. The van der Waals surface area contributed by atoms with Crippen molar-refractivity contribution in [3.8, 4) is 11.5 Å². The molecule has 0 aliphatic heterocycles. The molecule has 2 aromatic carbocycles. The Hall–Kier alpha value is -1.71. The van der Waals surface area contributed by atoms with Crippen LogP contribution in [0.3, 0.4) is 0 Å². The Morgan fingerprint density at radius 2 is 1.75 bits per heavy atom. The monoisotopic (exact) mass is 349 g/mol. The van der Waals surface area contributed by atoms with E-state index in [1.165, 1.54) is 6.42 Å². The van der Waals surface area contributed by atoms with Gasteiger partial charge in [0, 0.05) is 12.1 Å². The fourth-order valence-electron chi connectivity index (χ4n) is 2.37. The zero-order chi connectivity index (χ0) is 16.5. The number of para-hydroxylation sites is 1. The SMILES string of the molecule is COc1cccc(CNCCC(C)C)c1OCc1ccccc1.Cl. The number of ether oxygens (including phenoxy) is 2. The van der Waals surface area contributed by atoms with Gasteiger partial charge in [0.2, 0.25) is 0 Å². The van der Waals surface area contributed by atoms with Crippen LogP contribution in [0.5, 0.6) is 11.5 Å². The van der Waals surface area contributed by atoms with Crippen LogP contribution in [0.4, 0.5) is 0 Å². The van der Waals surface area contributed by atoms with Crippen LogP contribution < -0.4 is 14.8 Å². The lowest BCUT2D eigenvalue weighted by Crippen LogP contribution is -2.17. The summed E-state index contributed by atoms with van der Waals surface area (Å²) >= 11 is 0. The lowest BCUT2D eigenvalue weighted by atomic mass is 10.1. The molecule has 132 valence electrons. The lowest BCUT2D eigenvalue weighted by Gasteiger charge is -2.16. The van der Waals surface area contributed by atoms with Gasteiger partial charge in [-0.2, -0.15) is 0 Å². The Bertz CT molecular complexity index is 587. The van der Waals surface area contributed by atoms with Crippen LogP contribution in [0.15, 0.2) is 48.5 Å². The van der Waals surface area contributed by atoms with Gasteiger partial charge in [0.15, 0.2) is 11.5 Å². The van der Waals surface area contributed by atoms with E-state index in [0.717, 1.165) is 35.7 Å². The highest BCUT2D eigenvalue weighted by molar-refractivity contribution is 5.85. The van der Waals surface area contributed by atoms with E-state index in [1.807, 2.05) is 30.3 Å². The summed E-state index contributed by atoms with van der Waals surface area (Å²) in [6, 6.07) is 16.2. The van der Waals surface area contributed by atoms with E-state index in [1.54, 1.807) is 7.11 Å². The molecule has 1 N–H and O–H groups in total. The minimum atomic E-state index is 0. The summed E-state index contributed by atoms with van der Waals surface area (Å²) < 4.78 is 11.5. The molecule has 0 spiro atoms. The molecule has 0 saturated carbocycles. The first-order chi connectivity index (χ1) is 11.2. The average Bonchev–Trinajstić information content (AvgIpc) is 2.57. The molecular formula is C20H28ClNO2. The van der Waals surface area contributed by atoms with Crippen LogP contribution in [0, 0.1) is 5.92 Å². The van der Waals surface area contributed by atoms with Crippen molar-refractivity contribution in [1.82, 2.24) is 5.32 Å². The van der Waals surface area contributed by atoms with Gasteiger partial charge in [-0.1, -0.05) is 56.3 Å². The van der Waals surface area contributed by atoms with Gasteiger partial charge in [-0.3, -0.25) is 0 Å². The number of halogens is 1. The summed E-state index contributed by atoms with van der Waals surface area (Å²) in [6.45, 7) is 6.81. The van der Waals surface area contributed by atoms with Gasteiger partial charge < -0.3 is 14.8 Å². The van der Waals surface area contributed by atoms with Gasteiger partial charge in [-0.15, -0.1) is 12.4 Å². The highest BCUT2D eigenvalue weighted by Gasteiger charge is 2.10. The first kappa shape index (κ1) is 20.3. The fraction of sp³-hybridized carbons (Fsp3) is 0.400. The smallest absolute Gasteiger partial charge is 0.166 e. The zero-order valence-corrected chi connectivity index (χ0v) is 15.6. The molecule has 2 rings (SSSR count). The molecule has 0 bridgehead atoms. The van der Waals surface area contributed by atoms with Crippen molar-refractivity contribution in [2.75, 3.05) is 13.7 Å². The number of rotatable bonds is 9. The van der Waals surface area contributed by atoms with Gasteiger partial charge >= 0.3 is 0 Å². The van der Waals surface area contributed by atoms with Crippen molar-refractivity contribution in [2.24, 2.45) is 5.92 Å². The third-order valence-electron chi connectivity index (χ3n) is 3.72. The van der Waals surface area contributed by atoms with E-state index in [2.05, 4.69) is 37.4 Å². The van der Waals surface area contributed by atoms with E-state index in [-0.39, 0.29) is 12.4 Å². The number of benzene rings is 2. The predicted molar refractivity (Wildman–Crippen MR) is 102 cm³/mol. The second-order valence-electron chi connectivity index (χ2n) is 6.08. The van der Waals surface area contributed by atoms with Crippen molar-refractivity contribution >= 4 is 12.4 Å². The zero-order valence-electron chi connectivity index (χ0n) is 14.7. The Morgan fingerprint density at radius 3 is 2.42 bits per heavy atom. The maximum atomic E-state index is 6.06. The molecule has 0 atom stereocenters. The Morgan fingerprint density at radius 1 is 1.00 bits per heavy atom. The van der Waals surface area contributed by atoms with Crippen LogP contribution in [-0.2, 0) is 13.2 Å². The molecule has 0 heterocycles.